The molecule has 2 heterocycles. The summed E-state index contributed by atoms with van der Waals surface area (Å²) in [6.07, 6.45) is 1.86. The fraction of sp³-hybridized carbons (Fsp3) is 0.333. The highest BCUT2D eigenvalue weighted by atomic mass is 35.5. The lowest BCUT2D eigenvalue weighted by molar-refractivity contribution is -0.118. The molecule has 0 bridgehead atoms. The number of benzene rings is 2. The van der Waals surface area contributed by atoms with Gasteiger partial charge >= 0.3 is 0 Å². The summed E-state index contributed by atoms with van der Waals surface area (Å²) in [5.74, 6) is -0.644. The average Bonchev–Trinajstić information content (AvgIpc) is 3.14. The van der Waals surface area contributed by atoms with E-state index in [1.165, 1.54) is 10.9 Å². The predicted octanol–water partition coefficient (Wildman–Crippen LogP) is 6.75. The molecule has 5 nitrogen and oxygen atoms in total. The lowest BCUT2D eigenvalue weighted by Gasteiger charge is -2.39. The van der Waals surface area contributed by atoms with Gasteiger partial charge in [-0.05, 0) is 61.4 Å². The summed E-state index contributed by atoms with van der Waals surface area (Å²) < 4.78 is 0. The van der Waals surface area contributed by atoms with E-state index >= 15 is 0 Å². The number of carbonyl (C=O) groups excluding carboxylic acids is 2. The first-order valence-electron chi connectivity index (χ1n) is 12.6. The van der Waals surface area contributed by atoms with Gasteiger partial charge in [0.15, 0.2) is 5.78 Å². The molecule has 5 rings (SSSR count). The van der Waals surface area contributed by atoms with Gasteiger partial charge in [-0.3, -0.25) is 9.59 Å². The molecule has 0 spiro atoms. The van der Waals surface area contributed by atoms with Crippen LogP contribution in [0.5, 0.6) is 0 Å². The van der Waals surface area contributed by atoms with E-state index in [1.807, 2.05) is 25.1 Å². The number of nitrogens with one attached hydrogen (secondary N) is 3. The Kier molecular flexibility index (Phi) is 6.71. The van der Waals surface area contributed by atoms with Crippen LogP contribution in [0.1, 0.15) is 56.4 Å². The number of aromatic amines is 1. The lowest BCUT2D eigenvalue weighted by atomic mass is 9.68. The van der Waals surface area contributed by atoms with Crippen molar-refractivity contribution in [3.8, 4) is 0 Å². The van der Waals surface area contributed by atoms with E-state index in [4.69, 9.17) is 23.2 Å². The first-order valence-corrected chi connectivity index (χ1v) is 13.3. The zero-order valence-electron chi connectivity index (χ0n) is 21.5. The summed E-state index contributed by atoms with van der Waals surface area (Å²) in [6, 6.07) is 13.5. The van der Waals surface area contributed by atoms with Crippen LogP contribution >= 0.6 is 23.2 Å². The number of para-hydroxylation sites is 1. The number of aryl methyl sites for hydroxylation is 1. The normalized spacial score (nSPS) is 19.2. The SMILES string of the molecule is CC1=C(C(=O)NCCc2c(C)[nH]c3ccccc23)C(c2ccc(Cl)c(Cl)c2)C2=C(CC(C)(C)CC2=O)N1. The van der Waals surface area contributed by atoms with Gasteiger partial charge in [0, 0.05) is 58.0 Å². The fourth-order valence-electron chi connectivity index (χ4n) is 5.82. The number of ketones is 1. The average molecular weight is 537 g/mol. The second-order valence-electron chi connectivity index (χ2n) is 10.9. The van der Waals surface area contributed by atoms with Gasteiger partial charge in [-0.15, -0.1) is 0 Å². The Morgan fingerprint density at radius 3 is 2.59 bits per heavy atom. The summed E-state index contributed by atoms with van der Waals surface area (Å²) in [4.78, 5) is 30.6. The molecule has 3 N–H and O–H groups in total. The number of Topliss-reactive ketones (excluding diaryl/α,β-unsaturated/α-hetero) is 1. The molecule has 1 unspecified atom stereocenters. The molecular weight excluding hydrogens is 505 g/mol. The zero-order chi connectivity index (χ0) is 26.5. The van der Waals surface area contributed by atoms with E-state index in [0.717, 1.165) is 34.6 Å². The Morgan fingerprint density at radius 1 is 1.08 bits per heavy atom. The van der Waals surface area contributed by atoms with Crippen LogP contribution in [0.25, 0.3) is 10.9 Å². The van der Waals surface area contributed by atoms with E-state index in [9.17, 15) is 9.59 Å². The molecule has 3 aromatic rings. The molecule has 0 saturated heterocycles. The monoisotopic (exact) mass is 535 g/mol. The molecule has 2 aromatic carbocycles. The van der Waals surface area contributed by atoms with Crippen molar-refractivity contribution >= 4 is 45.8 Å². The van der Waals surface area contributed by atoms with Crippen LogP contribution in [0.4, 0.5) is 0 Å². The Balaban J connectivity index is 1.46. The predicted molar refractivity (Wildman–Crippen MR) is 150 cm³/mol. The van der Waals surface area contributed by atoms with Crippen molar-refractivity contribution in [2.45, 2.75) is 52.9 Å². The summed E-state index contributed by atoms with van der Waals surface area (Å²) in [6.45, 7) is 8.62. The van der Waals surface area contributed by atoms with Crippen molar-refractivity contribution in [1.82, 2.24) is 15.6 Å². The number of fused-ring (bicyclic) bond motifs is 1. The molecule has 1 amide bonds. The Morgan fingerprint density at radius 2 is 1.84 bits per heavy atom. The maximum atomic E-state index is 13.7. The molecule has 2 aliphatic rings. The van der Waals surface area contributed by atoms with Gasteiger partial charge in [0.25, 0.3) is 0 Å². The smallest absolute Gasteiger partial charge is 0.249 e. The summed E-state index contributed by atoms with van der Waals surface area (Å²) in [7, 11) is 0. The first kappa shape index (κ1) is 25.6. The van der Waals surface area contributed by atoms with Crippen LogP contribution in [-0.2, 0) is 16.0 Å². The van der Waals surface area contributed by atoms with Crippen molar-refractivity contribution in [2.75, 3.05) is 6.54 Å². The number of dihydropyridines is 1. The first-order chi connectivity index (χ1) is 17.6. The molecule has 7 heteroatoms. The minimum Gasteiger partial charge on any atom is -0.362 e. The van der Waals surface area contributed by atoms with Crippen LogP contribution in [0.2, 0.25) is 10.0 Å². The Labute approximate surface area is 227 Å². The number of aromatic nitrogens is 1. The van der Waals surface area contributed by atoms with Crippen molar-refractivity contribution in [2.24, 2.45) is 5.41 Å². The largest absolute Gasteiger partial charge is 0.362 e. The van der Waals surface area contributed by atoms with E-state index in [0.29, 0.717) is 40.6 Å². The third kappa shape index (κ3) is 4.83. The number of allylic oxidation sites excluding steroid dienone is 3. The summed E-state index contributed by atoms with van der Waals surface area (Å²) in [5, 5.41) is 8.54. The second kappa shape index (κ2) is 9.70. The Bertz CT molecular complexity index is 1500. The van der Waals surface area contributed by atoms with Gasteiger partial charge in [-0.25, -0.2) is 0 Å². The molecule has 1 atom stereocenters. The van der Waals surface area contributed by atoms with E-state index in [1.54, 1.807) is 12.1 Å². The van der Waals surface area contributed by atoms with Crippen LogP contribution in [0.15, 0.2) is 65.0 Å². The van der Waals surface area contributed by atoms with Crippen LogP contribution in [0.3, 0.4) is 0 Å². The maximum Gasteiger partial charge on any atom is 0.249 e. The molecule has 192 valence electrons. The topological polar surface area (TPSA) is 74.0 Å². The van der Waals surface area contributed by atoms with Crippen molar-refractivity contribution in [3.63, 3.8) is 0 Å². The molecule has 37 heavy (non-hydrogen) atoms. The molecule has 1 aliphatic heterocycles. The highest BCUT2D eigenvalue weighted by Gasteiger charge is 2.42. The zero-order valence-corrected chi connectivity index (χ0v) is 23.0. The minimum atomic E-state index is -0.510. The maximum absolute atomic E-state index is 13.7. The van der Waals surface area contributed by atoms with Crippen molar-refractivity contribution < 1.29 is 9.59 Å². The summed E-state index contributed by atoms with van der Waals surface area (Å²) in [5.41, 5.74) is 6.86. The van der Waals surface area contributed by atoms with Crippen LogP contribution in [-0.4, -0.2) is 23.2 Å². The van der Waals surface area contributed by atoms with Crippen molar-refractivity contribution in [3.05, 3.63) is 91.9 Å². The number of rotatable bonds is 5. The molecule has 0 fully saturated rings. The lowest BCUT2D eigenvalue weighted by Crippen LogP contribution is -2.41. The van der Waals surface area contributed by atoms with Crippen LogP contribution < -0.4 is 10.6 Å². The molecular formula is C30H31Cl2N3O2. The highest BCUT2D eigenvalue weighted by Crippen LogP contribution is 2.47. The molecule has 1 aromatic heterocycles. The number of carbonyl (C=O) groups is 2. The summed E-state index contributed by atoms with van der Waals surface area (Å²) >= 11 is 12.6. The Hall–Kier alpha value is -3.02. The highest BCUT2D eigenvalue weighted by molar-refractivity contribution is 6.42. The molecule has 0 saturated carbocycles. The third-order valence-corrected chi connectivity index (χ3v) is 8.19. The quantitative estimate of drug-likeness (QED) is 0.338. The molecule has 1 aliphatic carbocycles. The van der Waals surface area contributed by atoms with E-state index in [-0.39, 0.29) is 17.1 Å². The van der Waals surface area contributed by atoms with Gasteiger partial charge in [0.1, 0.15) is 0 Å². The third-order valence-electron chi connectivity index (χ3n) is 7.45. The van der Waals surface area contributed by atoms with E-state index in [2.05, 4.69) is 48.5 Å². The van der Waals surface area contributed by atoms with Gasteiger partial charge < -0.3 is 15.6 Å². The number of hydrogen-bond acceptors (Lipinski definition) is 3. The standard InChI is InChI=1S/C30H31Cl2N3O2/c1-16-19(20-7-5-6-8-23(20)34-16)11-12-33-29(37)26-17(2)35-24-14-30(3,4)15-25(36)28(24)27(26)18-9-10-21(31)22(32)13-18/h5-10,13,27,34-35H,11-12,14-15H2,1-4H3,(H,33,37). The number of halogens is 2. The van der Waals surface area contributed by atoms with Gasteiger partial charge in [0.2, 0.25) is 5.91 Å². The molecule has 0 radical (unpaired) electrons. The number of hydrogen-bond donors (Lipinski definition) is 3. The second-order valence-corrected chi connectivity index (χ2v) is 11.7. The minimum absolute atomic E-state index is 0.0574. The number of H-pyrrole nitrogens is 1. The number of amides is 1. The van der Waals surface area contributed by atoms with Crippen molar-refractivity contribution in [1.29, 1.82) is 0 Å². The van der Waals surface area contributed by atoms with E-state index < -0.39 is 5.92 Å². The van der Waals surface area contributed by atoms with Gasteiger partial charge in [-0.2, -0.15) is 0 Å². The van der Waals surface area contributed by atoms with Gasteiger partial charge in [-0.1, -0.05) is 61.3 Å². The fourth-order valence-corrected chi connectivity index (χ4v) is 6.12. The van der Waals surface area contributed by atoms with Gasteiger partial charge in [0.05, 0.1) is 10.0 Å². The van der Waals surface area contributed by atoms with Crippen LogP contribution in [0, 0.1) is 12.3 Å².